The van der Waals surface area contributed by atoms with E-state index in [9.17, 15) is 0 Å². The molecule has 21 heavy (non-hydrogen) atoms. The van der Waals surface area contributed by atoms with E-state index in [1.807, 2.05) is 0 Å². The van der Waals surface area contributed by atoms with Gasteiger partial charge in [-0.1, -0.05) is 12.8 Å². The molecule has 2 N–H and O–H groups in total. The maximum Gasteiger partial charge on any atom is 0.137 e. The van der Waals surface area contributed by atoms with Gasteiger partial charge in [-0.2, -0.15) is 0 Å². The van der Waals surface area contributed by atoms with Crippen molar-refractivity contribution in [3.8, 4) is 11.5 Å². The number of hydrogen-bond donors (Lipinski definition) is 1. The minimum absolute atomic E-state index is 0.215. The van der Waals surface area contributed by atoms with Gasteiger partial charge in [0.2, 0.25) is 0 Å². The second-order valence-corrected chi connectivity index (χ2v) is 7.36. The molecule has 4 rings (SSSR count). The molecule has 0 saturated heterocycles. The Morgan fingerprint density at radius 2 is 1.48 bits per heavy atom. The predicted octanol–water partition coefficient (Wildman–Crippen LogP) is 3.83. The van der Waals surface area contributed by atoms with Crippen LogP contribution in [0.1, 0.15) is 55.2 Å². The average Bonchev–Trinajstić information content (AvgIpc) is 2.95. The molecule has 0 spiro atoms. The Morgan fingerprint density at radius 3 is 2.19 bits per heavy atom. The summed E-state index contributed by atoms with van der Waals surface area (Å²) in [5, 5.41) is 0. The molecule has 3 aliphatic rings. The molecule has 2 aliphatic heterocycles. The summed E-state index contributed by atoms with van der Waals surface area (Å²) in [6.07, 6.45) is 8.82. The second-order valence-electron chi connectivity index (χ2n) is 6.57. The van der Waals surface area contributed by atoms with Gasteiger partial charge in [0.15, 0.2) is 0 Å². The van der Waals surface area contributed by atoms with Crippen molar-refractivity contribution in [2.75, 3.05) is 13.2 Å². The highest BCUT2D eigenvalue weighted by atomic mass is 79.9. The normalized spacial score (nSPS) is 23.0. The summed E-state index contributed by atoms with van der Waals surface area (Å²) in [6.45, 7) is 1.62. The van der Waals surface area contributed by atoms with Gasteiger partial charge in [0, 0.05) is 22.2 Å². The van der Waals surface area contributed by atoms with Crippen molar-refractivity contribution in [2.45, 2.75) is 56.9 Å². The molecule has 3 nitrogen and oxygen atoms in total. The van der Waals surface area contributed by atoms with Gasteiger partial charge in [0.05, 0.1) is 17.7 Å². The second kappa shape index (κ2) is 5.17. The van der Waals surface area contributed by atoms with E-state index in [-0.39, 0.29) is 5.54 Å². The van der Waals surface area contributed by atoms with Crippen LogP contribution in [-0.4, -0.2) is 13.2 Å². The van der Waals surface area contributed by atoms with Crippen LogP contribution >= 0.6 is 15.9 Å². The topological polar surface area (TPSA) is 44.5 Å². The van der Waals surface area contributed by atoms with Gasteiger partial charge in [0.25, 0.3) is 0 Å². The lowest BCUT2D eigenvalue weighted by molar-refractivity contribution is 0.258. The van der Waals surface area contributed by atoms with Crippen LogP contribution in [-0.2, 0) is 18.4 Å². The standard InChI is InChI=1S/C17H22BrNO2/c18-14-12-6-4-9-20-15(12)13(17(19)7-1-2-8-17)11-5-3-10-21-16(11)14/h1-10,19H2. The maximum atomic E-state index is 6.83. The largest absolute Gasteiger partial charge is 0.493 e. The van der Waals surface area contributed by atoms with Crippen LogP contribution in [0.5, 0.6) is 11.5 Å². The fourth-order valence-corrected chi connectivity index (χ4v) is 4.90. The Labute approximate surface area is 134 Å². The summed E-state index contributed by atoms with van der Waals surface area (Å²) in [5.74, 6) is 2.11. The third kappa shape index (κ3) is 2.10. The fraction of sp³-hybridized carbons (Fsp3) is 0.647. The Morgan fingerprint density at radius 1 is 0.857 bits per heavy atom. The number of benzene rings is 1. The molecule has 1 aliphatic carbocycles. The van der Waals surface area contributed by atoms with Gasteiger partial charge in [-0.3, -0.25) is 0 Å². The lowest BCUT2D eigenvalue weighted by atomic mass is 9.80. The predicted molar refractivity (Wildman–Crippen MR) is 86.1 cm³/mol. The number of nitrogens with two attached hydrogens (primary N) is 1. The molecular weight excluding hydrogens is 330 g/mol. The summed E-state index contributed by atoms with van der Waals surface area (Å²) in [6, 6.07) is 0. The van der Waals surface area contributed by atoms with Gasteiger partial charge in [0.1, 0.15) is 11.5 Å². The van der Waals surface area contributed by atoms with Crippen LogP contribution in [0.3, 0.4) is 0 Å². The summed E-state index contributed by atoms with van der Waals surface area (Å²) in [5.41, 5.74) is 10.5. The lowest BCUT2D eigenvalue weighted by Crippen LogP contribution is -2.36. The summed E-state index contributed by atoms with van der Waals surface area (Å²) in [4.78, 5) is 0. The van der Waals surface area contributed by atoms with Crippen LogP contribution in [0.2, 0.25) is 0 Å². The van der Waals surface area contributed by atoms with Crippen LogP contribution in [0.4, 0.5) is 0 Å². The highest BCUT2D eigenvalue weighted by molar-refractivity contribution is 9.10. The molecule has 114 valence electrons. The van der Waals surface area contributed by atoms with Gasteiger partial charge < -0.3 is 15.2 Å². The zero-order valence-electron chi connectivity index (χ0n) is 12.3. The van der Waals surface area contributed by atoms with Crippen molar-refractivity contribution >= 4 is 15.9 Å². The molecule has 0 atom stereocenters. The van der Waals surface area contributed by atoms with E-state index < -0.39 is 0 Å². The Bertz CT molecular complexity index is 542. The first-order valence-corrected chi connectivity index (χ1v) is 8.92. The molecule has 0 bridgehead atoms. The minimum Gasteiger partial charge on any atom is -0.493 e. The van der Waals surface area contributed by atoms with Crippen molar-refractivity contribution in [1.82, 2.24) is 0 Å². The fourth-order valence-electron chi connectivity index (χ4n) is 4.17. The first-order valence-electron chi connectivity index (χ1n) is 8.13. The molecule has 0 radical (unpaired) electrons. The minimum atomic E-state index is -0.215. The number of fused-ring (bicyclic) bond motifs is 2. The summed E-state index contributed by atoms with van der Waals surface area (Å²) < 4.78 is 13.2. The smallest absolute Gasteiger partial charge is 0.137 e. The average molecular weight is 352 g/mol. The van der Waals surface area contributed by atoms with Gasteiger partial charge >= 0.3 is 0 Å². The molecule has 1 fully saturated rings. The van der Waals surface area contributed by atoms with Crippen LogP contribution in [0.15, 0.2) is 4.47 Å². The Kier molecular flexibility index (Phi) is 3.42. The maximum absolute atomic E-state index is 6.83. The number of rotatable bonds is 1. The molecule has 1 aromatic rings. The quantitative estimate of drug-likeness (QED) is 0.836. The van der Waals surface area contributed by atoms with Crippen LogP contribution in [0, 0.1) is 0 Å². The van der Waals surface area contributed by atoms with E-state index in [2.05, 4.69) is 15.9 Å². The third-order valence-corrected chi connectivity index (χ3v) is 6.01. The van der Waals surface area contributed by atoms with Gasteiger partial charge in [-0.25, -0.2) is 0 Å². The summed E-state index contributed by atoms with van der Waals surface area (Å²) >= 11 is 3.77. The number of ether oxygens (including phenoxy) is 2. The van der Waals surface area contributed by atoms with Gasteiger partial charge in [-0.15, -0.1) is 0 Å². The van der Waals surface area contributed by atoms with Crippen LogP contribution in [0.25, 0.3) is 0 Å². The van der Waals surface area contributed by atoms with Crippen LogP contribution < -0.4 is 15.2 Å². The molecule has 4 heteroatoms. The molecule has 0 unspecified atom stereocenters. The molecule has 0 amide bonds. The zero-order chi connectivity index (χ0) is 14.4. The van der Waals surface area contributed by atoms with Crippen molar-refractivity contribution in [1.29, 1.82) is 0 Å². The van der Waals surface area contributed by atoms with E-state index >= 15 is 0 Å². The highest BCUT2D eigenvalue weighted by Crippen LogP contribution is 2.52. The third-order valence-electron chi connectivity index (χ3n) is 5.17. The first-order chi connectivity index (χ1) is 10.2. The van der Waals surface area contributed by atoms with E-state index in [4.69, 9.17) is 15.2 Å². The van der Waals surface area contributed by atoms with E-state index in [0.717, 1.165) is 67.7 Å². The van der Waals surface area contributed by atoms with Crippen molar-refractivity contribution in [2.24, 2.45) is 5.73 Å². The van der Waals surface area contributed by atoms with Crippen molar-refractivity contribution in [3.05, 3.63) is 21.2 Å². The van der Waals surface area contributed by atoms with E-state index in [1.165, 1.54) is 29.5 Å². The molecule has 0 aromatic heterocycles. The molecule has 1 aromatic carbocycles. The number of halogens is 1. The van der Waals surface area contributed by atoms with Crippen molar-refractivity contribution in [3.63, 3.8) is 0 Å². The number of hydrogen-bond acceptors (Lipinski definition) is 3. The van der Waals surface area contributed by atoms with E-state index in [0.29, 0.717) is 0 Å². The SMILES string of the molecule is NC1(c2c3c(c(Br)c4c2OCCC4)OCCC3)CCCC1. The summed E-state index contributed by atoms with van der Waals surface area (Å²) in [7, 11) is 0. The zero-order valence-corrected chi connectivity index (χ0v) is 13.9. The molecular formula is C17H22BrNO2. The van der Waals surface area contributed by atoms with Gasteiger partial charge in [-0.05, 0) is 54.5 Å². The highest BCUT2D eigenvalue weighted by Gasteiger charge is 2.40. The molecule has 2 heterocycles. The monoisotopic (exact) mass is 351 g/mol. The lowest BCUT2D eigenvalue weighted by Gasteiger charge is -2.35. The Hall–Kier alpha value is -0.740. The Balaban J connectivity index is 1.98. The van der Waals surface area contributed by atoms with E-state index in [1.54, 1.807) is 0 Å². The van der Waals surface area contributed by atoms with Crippen molar-refractivity contribution < 1.29 is 9.47 Å². The molecule has 1 saturated carbocycles. The first kappa shape index (κ1) is 13.9.